The first kappa shape index (κ1) is 4.98. The highest BCUT2D eigenvalue weighted by Gasteiger charge is 2.20. The summed E-state index contributed by atoms with van der Waals surface area (Å²) in [5, 5.41) is 0. The van der Waals surface area contributed by atoms with Gasteiger partial charge >= 0.3 is 0 Å². The second-order valence-electron chi connectivity index (χ2n) is 1.44. The molecule has 0 radical (unpaired) electrons. The van der Waals surface area contributed by atoms with Gasteiger partial charge in [-0.15, -0.1) is 11.6 Å². The highest BCUT2D eigenvalue weighted by Crippen LogP contribution is 2.28. The monoisotopic (exact) mass is 118 g/mol. The summed E-state index contributed by atoms with van der Waals surface area (Å²) in [7, 11) is 0. The smallest absolute Gasteiger partial charge is 0.157 e. The summed E-state index contributed by atoms with van der Waals surface area (Å²) < 4.78 is 4.92. The van der Waals surface area contributed by atoms with Crippen molar-refractivity contribution in [3.8, 4) is 0 Å². The largest absolute Gasteiger partial charge is 0.458 e. The fourth-order valence-electron chi connectivity index (χ4n) is 0.494. The van der Waals surface area contributed by atoms with Crippen LogP contribution in [0.4, 0.5) is 0 Å². The van der Waals surface area contributed by atoms with E-state index in [0.29, 0.717) is 5.88 Å². The number of hydrogen-bond donors (Lipinski definition) is 0. The Morgan fingerprint density at radius 2 is 2.29 bits per heavy atom. The third kappa shape index (κ3) is 0.885. The second-order valence-corrected chi connectivity index (χ2v) is 1.70. The lowest BCUT2D eigenvalue weighted by Gasteiger charge is -1.68. The SMILES string of the molecule is CCC1=C(CCl)O1. The van der Waals surface area contributed by atoms with Gasteiger partial charge in [-0.05, 0) is 0 Å². The van der Waals surface area contributed by atoms with E-state index in [-0.39, 0.29) is 0 Å². The molecule has 0 atom stereocenters. The maximum atomic E-state index is 5.39. The molecule has 0 N–H and O–H groups in total. The first-order valence-electron chi connectivity index (χ1n) is 2.34. The van der Waals surface area contributed by atoms with Gasteiger partial charge in [0.1, 0.15) is 5.76 Å². The Bertz CT molecular complexity index is 94.6. The van der Waals surface area contributed by atoms with Gasteiger partial charge in [-0.25, -0.2) is 0 Å². The minimum Gasteiger partial charge on any atom is -0.458 e. The van der Waals surface area contributed by atoms with E-state index in [9.17, 15) is 0 Å². The first-order chi connectivity index (χ1) is 3.38. The number of alkyl halides is 1. The van der Waals surface area contributed by atoms with E-state index in [4.69, 9.17) is 16.3 Å². The Kier molecular flexibility index (Phi) is 1.24. The van der Waals surface area contributed by atoms with E-state index in [1.54, 1.807) is 0 Å². The standard InChI is InChI=1S/C5H7ClO/c1-2-4-5(3-6)7-4/h2-3H2,1H3. The summed E-state index contributed by atoms with van der Waals surface area (Å²) in [5.41, 5.74) is 0. The number of rotatable bonds is 2. The quantitative estimate of drug-likeness (QED) is 0.505. The fraction of sp³-hybridized carbons (Fsp3) is 0.600. The van der Waals surface area contributed by atoms with Crippen LogP contribution >= 0.6 is 11.6 Å². The molecular formula is C5H7ClO. The third-order valence-electron chi connectivity index (χ3n) is 0.958. The van der Waals surface area contributed by atoms with Crippen molar-refractivity contribution in [2.24, 2.45) is 0 Å². The van der Waals surface area contributed by atoms with Crippen LogP contribution in [0.2, 0.25) is 0 Å². The fourth-order valence-corrected chi connectivity index (χ4v) is 0.698. The summed E-state index contributed by atoms with van der Waals surface area (Å²) in [5.74, 6) is 2.60. The molecule has 1 nitrogen and oxygen atoms in total. The van der Waals surface area contributed by atoms with Gasteiger partial charge in [0, 0.05) is 6.42 Å². The molecule has 2 heteroatoms. The van der Waals surface area contributed by atoms with Gasteiger partial charge < -0.3 is 4.74 Å². The van der Waals surface area contributed by atoms with Gasteiger partial charge in [-0.1, -0.05) is 6.92 Å². The minimum absolute atomic E-state index is 0.545. The number of ether oxygens (including phenoxy) is 1. The molecule has 40 valence electrons. The second kappa shape index (κ2) is 1.74. The molecule has 0 spiro atoms. The predicted octanol–water partition coefficient (Wildman–Crippen LogP) is 1.88. The van der Waals surface area contributed by atoms with Crippen molar-refractivity contribution in [3.63, 3.8) is 0 Å². The van der Waals surface area contributed by atoms with Gasteiger partial charge in [-0.3, -0.25) is 0 Å². The van der Waals surface area contributed by atoms with Gasteiger partial charge in [0.15, 0.2) is 5.76 Å². The van der Waals surface area contributed by atoms with Crippen molar-refractivity contribution in [2.75, 3.05) is 5.88 Å². The highest BCUT2D eigenvalue weighted by molar-refractivity contribution is 6.19. The van der Waals surface area contributed by atoms with E-state index in [2.05, 4.69) is 6.92 Å². The Labute approximate surface area is 47.9 Å². The molecule has 0 aromatic carbocycles. The maximum Gasteiger partial charge on any atom is 0.157 e. The van der Waals surface area contributed by atoms with Crippen LogP contribution in [0.15, 0.2) is 11.5 Å². The lowest BCUT2D eigenvalue weighted by Crippen LogP contribution is -1.58. The Morgan fingerprint density at radius 3 is 2.43 bits per heavy atom. The normalized spacial score (nSPS) is 16.9. The molecule has 0 unspecified atom stereocenters. The van der Waals surface area contributed by atoms with Crippen LogP contribution in [0.25, 0.3) is 0 Å². The van der Waals surface area contributed by atoms with E-state index < -0.39 is 0 Å². The van der Waals surface area contributed by atoms with Crippen LogP contribution in [-0.4, -0.2) is 5.88 Å². The Hall–Kier alpha value is -0.170. The minimum atomic E-state index is 0.545. The van der Waals surface area contributed by atoms with Crippen LogP contribution in [0.1, 0.15) is 13.3 Å². The molecule has 0 aromatic rings. The van der Waals surface area contributed by atoms with Crippen molar-refractivity contribution in [1.82, 2.24) is 0 Å². The Balaban J connectivity index is 2.32. The molecular weight excluding hydrogens is 112 g/mol. The van der Waals surface area contributed by atoms with E-state index >= 15 is 0 Å². The number of allylic oxidation sites excluding steroid dienone is 2. The average molecular weight is 119 g/mol. The maximum absolute atomic E-state index is 5.39. The Morgan fingerprint density at radius 1 is 1.57 bits per heavy atom. The molecule has 0 saturated carbocycles. The molecule has 0 saturated heterocycles. The molecule has 7 heavy (non-hydrogen) atoms. The van der Waals surface area contributed by atoms with Gasteiger partial charge in [0.25, 0.3) is 0 Å². The summed E-state index contributed by atoms with van der Waals surface area (Å²) >= 11 is 5.39. The van der Waals surface area contributed by atoms with E-state index in [1.165, 1.54) is 0 Å². The van der Waals surface area contributed by atoms with Crippen LogP contribution in [0.5, 0.6) is 0 Å². The summed E-state index contributed by atoms with van der Waals surface area (Å²) in [6.45, 7) is 2.05. The lowest BCUT2D eigenvalue weighted by molar-refractivity contribution is 0.460. The molecule has 0 fully saturated rings. The first-order valence-corrected chi connectivity index (χ1v) is 2.87. The summed E-state index contributed by atoms with van der Waals surface area (Å²) in [6, 6.07) is 0. The summed E-state index contributed by atoms with van der Waals surface area (Å²) in [4.78, 5) is 0. The van der Waals surface area contributed by atoms with Crippen LogP contribution in [0, 0.1) is 0 Å². The van der Waals surface area contributed by atoms with Crippen molar-refractivity contribution >= 4 is 11.6 Å². The van der Waals surface area contributed by atoms with E-state index in [0.717, 1.165) is 17.9 Å². The van der Waals surface area contributed by atoms with Crippen molar-refractivity contribution in [2.45, 2.75) is 13.3 Å². The molecule has 1 heterocycles. The van der Waals surface area contributed by atoms with Crippen LogP contribution in [0.3, 0.4) is 0 Å². The molecule has 1 aliphatic heterocycles. The number of halogens is 1. The van der Waals surface area contributed by atoms with Gasteiger partial charge in [-0.2, -0.15) is 0 Å². The van der Waals surface area contributed by atoms with Crippen LogP contribution in [-0.2, 0) is 4.74 Å². The third-order valence-corrected chi connectivity index (χ3v) is 1.20. The van der Waals surface area contributed by atoms with Crippen molar-refractivity contribution in [1.29, 1.82) is 0 Å². The zero-order chi connectivity index (χ0) is 5.28. The lowest BCUT2D eigenvalue weighted by atomic mass is 10.4. The highest BCUT2D eigenvalue weighted by atomic mass is 35.5. The van der Waals surface area contributed by atoms with Crippen LogP contribution < -0.4 is 0 Å². The molecule has 1 aliphatic rings. The predicted molar refractivity (Wildman–Crippen MR) is 29.1 cm³/mol. The van der Waals surface area contributed by atoms with Gasteiger partial charge in [0.2, 0.25) is 0 Å². The van der Waals surface area contributed by atoms with Crippen molar-refractivity contribution < 1.29 is 4.74 Å². The molecule has 0 aromatic heterocycles. The van der Waals surface area contributed by atoms with E-state index in [1.807, 2.05) is 0 Å². The molecule has 0 bridgehead atoms. The zero-order valence-corrected chi connectivity index (χ0v) is 4.96. The average Bonchev–Trinajstić information content (AvgIpc) is 2.43. The topological polar surface area (TPSA) is 12.5 Å². The summed E-state index contributed by atoms with van der Waals surface area (Å²) in [6.07, 6.45) is 0.988. The van der Waals surface area contributed by atoms with Crippen molar-refractivity contribution in [3.05, 3.63) is 11.5 Å². The zero-order valence-electron chi connectivity index (χ0n) is 4.20. The number of hydrogen-bond acceptors (Lipinski definition) is 1. The van der Waals surface area contributed by atoms with Gasteiger partial charge in [0.05, 0.1) is 5.88 Å². The molecule has 0 amide bonds. The molecule has 1 rings (SSSR count). The molecule has 0 aliphatic carbocycles.